The van der Waals surface area contributed by atoms with Crippen LogP contribution in [-0.4, -0.2) is 25.2 Å². The number of anilines is 1. The van der Waals surface area contributed by atoms with Gasteiger partial charge in [-0.3, -0.25) is 4.79 Å². The average Bonchev–Trinajstić information content (AvgIpc) is 2.61. The lowest BCUT2D eigenvalue weighted by atomic mass is 10.2. The second-order valence-corrected chi connectivity index (χ2v) is 5.15. The first kappa shape index (κ1) is 17.3. The van der Waals surface area contributed by atoms with Crippen molar-refractivity contribution in [1.82, 2.24) is 5.32 Å². The van der Waals surface area contributed by atoms with Gasteiger partial charge in [0.05, 0.1) is 7.11 Å². The van der Waals surface area contributed by atoms with Gasteiger partial charge in [-0.25, -0.2) is 4.79 Å². The highest BCUT2D eigenvalue weighted by Crippen LogP contribution is 2.16. The van der Waals surface area contributed by atoms with Gasteiger partial charge in [0.2, 0.25) is 5.91 Å². The lowest BCUT2D eigenvalue weighted by Crippen LogP contribution is -2.41. The number of amides is 2. The van der Waals surface area contributed by atoms with Gasteiger partial charge in [0.15, 0.2) is 0 Å². The minimum absolute atomic E-state index is 0.150. The van der Waals surface area contributed by atoms with E-state index in [1.165, 1.54) is 0 Å². The van der Waals surface area contributed by atoms with Gasteiger partial charge in [-0.1, -0.05) is 36.4 Å². The normalized spacial score (nSPS) is 11.2. The zero-order valence-corrected chi connectivity index (χ0v) is 13.6. The number of benzene rings is 2. The topological polar surface area (TPSA) is 76.7 Å². The van der Waals surface area contributed by atoms with Crippen LogP contribution in [0.1, 0.15) is 12.5 Å². The van der Waals surface area contributed by atoms with Crippen molar-refractivity contribution >= 4 is 17.7 Å². The van der Waals surface area contributed by atoms with Crippen LogP contribution in [0.4, 0.5) is 10.5 Å². The van der Waals surface area contributed by atoms with E-state index >= 15 is 0 Å². The summed E-state index contributed by atoms with van der Waals surface area (Å²) in [6.45, 7) is 1.73. The third kappa shape index (κ3) is 5.31. The maximum Gasteiger partial charge on any atom is 0.408 e. The van der Waals surface area contributed by atoms with Gasteiger partial charge in [-0.05, 0) is 24.6 Å². The van der Waals surface area contributed by atoms with Crippen molar-refractivity contribution in [2.24, 2.45) is 0 Å². The molecule has 126 valence electrons. The van der Waals surface area contributed by atoms with Crippen LogP contribution in [0.3, 0.4) is 0 Å². The molecule has 2 aromatic carbocycles. The summed E-state index contributed by atoms with van der Waals surface area (Å²) in [5.74, 6) is 0.288. The molecule has 0 aliphatic rings. The highest BCUT2D eigenvalue weighted by atomic mass is 16.5. The molecule has 0 radical (unpaired) electrons. The predicted octanol–water partition coefficient (Wildman–Crippen LogP) is 2.95. The molecule has 0 unspecified atom stereocenters. The van der Waals surface area contributed by atoms with Crippen LogP contribution in [0.25, 0.3) is 0 Å². The van der Waals surface area contributed by atoms with Crippen molar-refractivity contribution in [1.29, 1.82) is 0 Å². The molecular formula is C18H20N2O4. The summed E-state index contributed by atoms with van der Waals surface area (Å²) in [6, 6.07) is 15.5. The molecule has 2 amide bonds. The fourth-order valence-corrected chi connectivity index (χ4v) is 1.96. The van der Waals surface area contributed by atoms with Gasteiger partial charge in [0, 0.05) is 11.8 Å². The molecule has 6 heteroatoms. The van der Waals surface area contributed by atoms with E-state index in [9.17, 15) is 9.59 Å². The van der Waals surface area contributed by atoms with Gasteiger partial charge in [-0.15, -0.1) is 0 Å². The Kier molecular flexibility index (Phi) is 6.19. The van der Waals surface area contributed by atoms with Crippen LogP contribution < -0.4 is 15.4 Å². The Balaban J connectivity index is 1.81. The Morgan fingerprint density at radius 2 is 1.83 bits per heavy atom. The number of nitrogens with one attached hydrogen (secondary N) is 2. The summed E-state index contributed by atoms with van der Waals surface area (Å²) >= 11 is 0. The molecule has 0 saturated carbocycles. The van der Waals surface area contributed by atoms with Crippen molar-refractivity contribution in [2.75, 3.05) is 12.4 Å². The van der Waals surface area contributed by atoms with Crippen molar-refractivity contribution in [3.63, 3.8) is 0 Å². The van der Waals surface area contributed by atoms with Gasteiger partial charge in [0.1, 0.15) is 18.4 Å². The highest BCUT2D eigenvalue weighted by Gasteiger charge is 2.16. The number of alkyl carbamates (subject to hydrolysis) is 1. The van der Waals surface area contributed by atoms with Gasteiger partial charge in [0.25, 0.3) is 0 Å². The molecule has 2 rings (SSSR count). The van der Waals surface area contributed by atoms with Crippen LogP contribution in [0.5, 0.6) is 5.75 Å². The van der Waals surface area contributed by atoms with Crippen LogP contribution in [0, 0.1) is 0 Å². The average molecular weight is 328 g/mol. The first-order valence-electron chi connectivity index (χ1n) is 7.50. The minimum Gasteiger partial charge on any atom is -0.497 e. The zero-order valence-electron chi connectivity index (χ0n) is 13.6. The maximum atomic E-state index is 12.1. The Morgan fingerprint density at radius 3 is 2.54 bits per heavy atom. The summed E-state index contributed by atoms with van der Waals surface area (Å²) in [4.78, 5) is 23.9. The molecule has 0 aliphatic heterocycles. The Hall–Kier alpha value is -3.02. The van der Waals surface area contributed by atoms with E-state index in [0.29, 0.717) is 11.4 Å². The fourth-order valence-electron chi connectivity index (χ4n) is 1.96. The molecular weight excluding hydrogens is 308 g/mol. The molecule has 0 heterocycles. The van der Waals surface area contributed by atoms with Crippen LogP contribution in [0.15, 0.2) is 54.6 Å². The summed E-state index contributed by atoms with van der Waals surface area (Å²) in [5, 5.41) is 5.20. The third-order valence-corrected chi connectivity index (χ3v) is 3.28. The number of carbonyl (C=O) groups excluding carboxylic acids is 2. The molecule has 24 heavy (non-hydrogen) atoms. The summed E-state index contributed by atoms with van der Waals surface area (Å²) in [5.41, 5.74) is 1.46. The standard InChI is InChI=1S/C18H20N2O4/c1-13(17(21)20-15-9-6-10-16(11-15)23-2)19-18(22)24-12-14-7-4-3-5-8-14/h3-11,13H,12H2,1-2H3,(H,19,22)(H,20,21)/t13-/m1/s1. The van der Waals surface area contributed by atoms with Crippen molar-refractivity contribution in [3.05, 3.63) is 60.2 Å². The molecule has 0 aromatic heterocycles. The smallest absolute Gasteiger partial charge is 0.408 e. The van der Waals surface area contributed by atoms with Crippen LogP contribution in [0.2, 0.25) is 0 Å². The molecule has 0 saturated heterocycles. The van der Waals surface area contributed by atoms with E-state index in [1.54, 1.807) is 38.3 Å². The SMILES string of the molecule is COc1cccc(NC(=O)[C@@H](C)NC(=O)OCc2ccccc2)c1. The van der Waals surface area contributed by atoms with Crippen molar-refractivity contribution in [2.45, 2.75) is 19.6 Å². The monoisotopic (exact) mass is 328 g/mol. The number of hydrogen-bond acceptors (Lipinski definition) is 4. The number of methoxy groups -OCH3 is 1. The Bertz CT molecular complexity index is 688. The molecule has 2 N–H and O–H groups in total. The van der Waals surface area contributed by atoms with Crippen LogP contribution in [-0.2, 0) is 16.1 Å². The predicted molar refractivity (Wildman–Crippen MR) is 90.8 cm³/mol. The van der Waals surface area contributed by atoms with E-state index in [2.05, 4.69) is 10.6 Å². The molecule has 0 spiro atoms. The van der Waals surface area contributed by atoms with Gasteiger partial charge < -0.3 is 20.1 Å². The number of hydrogen-bond donors (Lipinski definition) is 2. The van der Waals surface area contributed by atoms with E-state index in [4.69, 9.17) is 9.47 Å². The quantitative estimate of drug-likeness (QED) is 0.855. The summed E-state index contributed by atoms with van der Waals surface area (Å²) in [6.07, 6.45) is -0.646. The van der Waals surface area contributed by atoms with E-state index < -0.39 is 12.1 Å². The second kappa shape index (κ2) is 8.57. The first-order chi connectivity index (χ1) is 11.6. The van der Waals surface area contributed by atoms with E-state index in [1.807, 2.05) is 30.3 Å². The van der Waals surface area contributed by atoms with E-state index in [0.717, 1.165) is 5.56 Å². The minimum atomic E-state index is -0.737. The molecule has 2 aromatic rings. The second-order valence-electron chi connectivity index (χ2n) is 5.15. The largest absolute Gasteiger partial charge is 0.497 e. The van der Waals surface area contributed by atoms with Crippen LogP contribution >= 0.6 is 0 Å². The number of carbonyl (C=O) groups is 2. The molecule has 0 bridgehead atoms. The lowest BCUT2D eigenvalue weighted by Gasteiger charge is -2.14. The van der Waals surface area contributed by atoms with Crippen molar-refractivity contribution < 1.29 is 19.1 Å². The Labute approximate surface area is 140 Å². The number of ether oxygens (including phenoxy) is 2. The fraction of sp³-hybridized carbons (Fsp3) is 0.222. The summed E-state index contributed by atoms with van der Waals surface area (Å²) < 4.78 is 10.2. The molecule has 0 fully saturated rings. The maximum absolute atomic E-state index is 12.1. The van der Waals surface area contributed by atoms with Gasteiger partial charge >= 0.3 is 6.09 Å². The first-order valence-corrected chi connectivity index (χ1v) is 7.50. The molecule has 6 nitrogen and oxygen atoms in total. The Morgan fingerprint density at radius 1 is 1.08 bits per heavy atom. The molecule has 1 atom stereocenters. The third-order valence-electron chi connectivity index (χ3n) is 3.28. The molecule has 0 aliphatic carbocycles. The van der Waals surface area contributed by atoms with Crippen molar-refractivity contribution in [3.8, 4) is 5.75 Å². The number of rotatable bonds is 6. The highest BCUT2D eigenvalue weighted by molar-refractivity contribution is 5.96. The van der Waals surface area contributed by atoms with E-state index in [-0.39, 0.29) is 12.5 Å². The zero-order chi connectivity index (χ0) is 17.4. The van der Waals surface area contributed by atoms with Gasteiger partial charge in [-0.2, -0.15) is 0 Å². The summed E-state index contributed by atoms with van der Waals surface area (Å²) in [7, 11) is 1.55. The lowest BCUT2D eigenvalue weighted by molar-refractivity contribution is -0.117.